The van der Waals surface area contributed by atoms with Crippen LogP contribution in [0, 0.1) is 0 Å². The first kappa shape index (κ1) is 18.4. The maximum Gasteiger partial charge on any atom is 0.341 e. The van der Waals surface area contributed by atoms with Gasteiger partial charge in [0.2, 0.25) is 5.54 Å². The van der Waals surface area contributed by atoms with Crippen LogP contribution >= 0.6 is 11.6 Å². The second kappa shape index (κ2) is 6.64. The Morgan fingerprint density at radius 1 is 1.27 bits per heavy atom. The zero-order chi connectivity index (χ0) is 17.1. The van der Waals surface area contributed by atoms with E-state index in [1.165, 1.54) is 7.11 Å². The molecule has 0 aliphatic heterocycles. The van der Waals surface area contributed by atoms with Gasteiger partial charge in [0.1, 0.15) is 11.7 Å². The molecule has 0 aliphatic carbocycles. The molecule has 2 atom stereocenters. The number of hydrogen-bond acceptors (Lipinski definition) is 5. The van der Waals surface area contributed by atoms with Gasteiger partial charge in [-0.3, -0.25) is 0 Å². The number of carboxylic acids is 1. The van der Waals surface area contributed by atoms with Gasteiger partial charge in [-0.1, -0.05) is 29.8 Å². The highest BCUT2D eigenvalue weighted by atomic mass is 35.5. The summed E-state index contributed by atoms with van der Waals surface area (Å²) in [6.07, 6.45) is -1.30. The smallest absolute Gasteiger partial charge is 0.341 e. The molecule has 1 aromatic carbocycles. The van der Waals surface area contributed by atoms with E-state index < -0.39 is 29.2 Å². The lowest BCUT2D eigenvalue weighted by Crippen LogP contribution is -2.61. The van der Waals surface area contributed by atoms with Crippen molar-refractivity contribution in [1.29, 1.82) is 0 Å². The Kier molecular flexibility index (Phi) is 5.56. The number of aliphatic carboxylic acids is 1. The minimum absolute atomic E-state index is 0.244. The predicted octanol–water partition coefficient (Wildman–Crippen LogP) is 2.15. The highest BCUT2D eigenvalue weighted by molar-refractivity contribution is 6.31. The van der Waals surface area contributed by atoms with Gasteiger partial charge < -0.3 is 20.3 Å². The van der Waals surface area contributed by atoms with Crippen molar-refractivity contribution in [3.8, 4) is 0 Å². The number of esters is 1. The number of nitrogens with two attached hydrogens (primary N) is 1. The van der Waals surface area contributed by atoms with E-state index in [9.17, 15) is 14.7 Å². The SMILES string of the molecule is COC(c1ccccc1Cl)C(N)(C(=O)O)C(=O)OC(C)(C)C. The van der Waals surface area contributed by atoms with E-state index in [0.29, 0.717) is 5.56 Å². The molecule has 0 aromatic heterocycles. The summed E-state index contributed by atoms with van der Waals surface area (Å²) in [7, 11) is 1.25. The Labute approximate surface area is 134 Å². The maximum absolute atomic E-state index is 12.4. The Morgan fingerprint density at radius 3 is 2.23 bits per heavy atom. The predicted molar refractivity (Wildman–Crippen MR) is 81.6 cm³/mol. The molecule has 0 saturated heterocycles. The van der Waals surface area contributed by atoms with Crippen LogP contribution in [0.3, 0.4) is 0 Å². The molecule has 0 aliphatic rings. The minimum Gasteiger partial charge on any atom is -0.479 e. The number of hydrogen-bond donors (Lipinski definition) is 2. The van der Waals surface area contributed by atoms with E-state index in [4.69, 9.17) is 26.8 Å². The topological polar surface area (TPSA) is 98.9 Å². The van der Waals surface area contributed by atoms with Crippen LogP contribution in [0.25, 0.3) is 0 Å². The molecule has 2 unspecified atom stereocenters. The molecule has 0 spiro atoms. The summed E-state index contributed by atoms with van der Waals surface area (Å²) in [5, 5.41) is 9.75. The monoisotopic (exact) mass is 329 g/mol. The third-order valence-corrected chi connectivity index (χ3v) is 3.27. The highest BCUT2D eigenvalue weighted by Crippen LogP contribution is 2.34. The first-order valence-corrected chi connectivity index (χ1v) is 6.94. The average Bonchev–Trinajstić information content (AvgIpc) is 2.39. The number of rotatable bonds is 5. The van der Waals surface area contributed by atoms with Gasteiger partial charge >= 0.3 is 11.9 Å². The van der Waals surface area contributed by atoms with Crippen molar-refractivity contribution in [2.45, 2.75) is 38.0 Å². The zero-order valence-corrected chi connectivity index (χ0v) is 13.7. The molecular weight excluding hydrogens is 310 g/mol. The molecule has 122 valence electrons. The summed E-state index contributed by atoms with van der Waals surface area (Å²) < 4.78 is 10.3. The van der Waals surface area contributed by atoms with Gasteiger partial charge in [-0.25, -0.2) is 9.59 Å². The van der Waals surface area contributed by atoms with E-state index in [-0.39, 0.29) is 5.02 Å². The second-order valence-corrected chi connectivity index (χ2v) is 6.22. The molecule has 22 heavy (non-hydrogen) atoms. The zero-order valence-electron chi connectivity index (χ0n) is 12.9. The number of halogens is 1. The lowest BCUT2D eigenvalue weighted by atomic mass is 9.88. The number of ether oxygens (including phenoxy) is 2. The van der Waals surface area contributed by atoms with Crippen LogP contribution in [0.15, 0.2) is 24.3 Å². The lowest BCUT2D eigenvalue weighted by Gasteiger charge is -2.33. The van der Waals surface area contributed by atoms with Crippen molar-refractivity contribution >= 4 is 23.5 Å². The van der Waals surface area contributed by atoms with Crippen molar-refractivity contribution < 1.29 is 24.2 Å². The standard InChI is InChI=1S/C15H20ClNO5/c1-14(2,3)22-13(20)15(17,12(18)19)11(21-4)9-7-5-6-8-10(9)16/h5-8,11H,17H2,1-4H3,(H,18,19). The molecule has 0 bridgehead atoms. The fourth-order valence-electron chi connectivity index (χ4n) is 1.91. The Bertz CT molecular complexity index is 569. The molecule has 0 heterocycles. The van der Waals surface area contributed by atoms with Crippen LogP contribution in [0.1, 0.15) is 32.4 Å². The van der Waals surface area contributed by atoms with Crippen LogP contribution in [0.5, 0.6) is 0 Å². The Balaban J connectivity index is 3.36. The van der Waals surface area contributed by atoms with Crippen LogP contribution < -0.4 is 5.73 Å². The Hall–Kier alpha value is -1.63. The molecule has 1 aromatic rings. The molecule has 3 N–H and O–H groups in total. The molecule has 0 radical (unpaired) electrons. The molecule has 1 rings (SSSR count). The van der Waals surface area contributed by atoms with Crippen molar-refractivity contribution in [1.82, 2.24) is 0 Å². The van der Waals surface area contributed by atoms with Gasteiger partial charge in [-0.15, -0.1) is 0 Å². The summed E-state index contributed by atoms with van der Waals surface area (Å²) in [5.41, 5.74) is 2.87. The summed E-state index contributed by atoms with van der Waals surface area (Å²) in [4.78, 5) is 24.0. The van der Waals surface area contributed by atoms with Crippen LogP contribution in [-0.4, -0.2) is 35.3 Å². The average molecular weight is 330 g/mol. The van der Waals surface area contributed by atoms with E-state index in [1.807, 2.05) is 0 Å². The number of carbonyl (C=O) groups is 2. The first-order chi connectivity index (χ1) is 10.0. The number of carbonyl (C=O) groups excluding carboxylic acids is 1. The molecule has 7 heteroatoms. The van der Waals surface area contributed by atoms with Crippen LogP contribution in [-0.2, 0) is 19.1 Å². The highest BCUT2D eigenvalue weighted by Gasteiger charge is 2.53. The molecule has 0 amide bonds. The summed E-state index contributed by atoms with van der Waals surface area (Å²) in [6, 6.07) is 6.42. The van der Waals surface area contributed by atoms with Crippen molar-refractivity contribution in [3.05, 3.63) is 34.9 Å². The molecule has 0 saturated carbocycles. The second-order valence-electron chi connectivity index (χ2n) is 5.81. The molecule has 0 fully saturated rings. The Morgan fingerprint density at radius 2 is 1.82 bits per heavy atom. The largest absolute Gasteiger partial charge is 0.479 e. The molecule has 6 nitrogen and oxygen atoms in total. The number of carboxylic acid groups (broad SMARTS) is 1. The van der Waals surface area contributed by atoms with Crippen molar-refractivity contribution in [3.63, 3.8) is 0 Å². The van der Waals surface area contributed by atoms with Gasteiger partial charge in [0.15, 0.2) is 0 Å². The maximum atomic E-state index is 12.4. The van der Waals surface area contributed by atoms with Crippen molar-refractivity contribution in [2.75, 3.05) is 7.11 Å². The van der Waals surface area contributed by atoms with Crippen LogP contribution in [0.2, 0.25) is 5.02 Å². The quantitative estimate of drug-likeness (QED) is 0.634. The third-order valence-electron chi connectivity index (χ3n) is 2.93. The number of benzene rings is 1. The van der Waals surface area contributed by atoms with Gasteiger partial charge in [-0.05, 0) is 26.8 Å². The van der Waals surface area contributed by atoms with Gasteiger partial charge in [-0.2, -0.15) is 0 Å². The van der Waals surface area contributed by atoms with E-state index >= 15 is 0 Å². The fourth-order valence-corrected chi connectivity index (χ4v) is 2.15. The van der Waals surface area contributed by atoms with E-state index in [0.717, 1.165) is 0 Å². The first-order valence-electron chi connectivity index (χ1n) is 6.57. The fraction of sp³-hybridized carbons (Fsp3) is 0.467. The van der Waals surface area contributed by atoms with Gasteiger partial charge in [0, 0.05) is 17.7 Å². The molecular formula is C15H20ClNO5. The van der Waals surface area contributed by atoms with Gasteiger partial charge in [0.05, 0.1) is 0 Å². The van der Waals surface area contributed by atoms with Crippen molar-refractivity contribution in [2.24, 2.45) is 5.73 Å². The van der Waals surface area contributed by atoms with E-state index in [1.54, 1.807) is 45.0 Å². The summed E-state index contributed by atoms with van der Waals surface area (Å²) in [5.74, 6) is -2.66. The van der Waals surface area contributed by atoms with Gasteiger partial charge in [0.25, 0.3) is 0 Å². The normalized spacial score (nSPS) is 15.7. The minimum atomic E-state index is -2.42. The summed E-state index contributed by atoms with van der Waals surface area (Å²) in [6.45, 7) is 4.85. The third kappa shape index (κ3) is 3.76. The summed E-state index contributed by atoms with van der Waals surface area (Å²) >= 11 is 6.07. The van der Waals surface area contributed by atoms with Crippen LogP contribution in [0.4, 0.5) is 0 Å². The van der Waals surface area contributed by atoms with E-state index in [2.05, 4.69) is 0 Å². The lowest BCUT2D eigenvalue weighted by molar-refractivity contribution is -0.176. The number of methoxy groups -OCH3 is 1.